The summed E-state index contributed by atoms with van der Waals surface area (Å²) in [5.74, 6) is -7.38. The van der Waals surface area contributed by atoms with Crippen LogP contribution in [0.1, 0.15) is 169 Å². The van der Waals surface area contributed by atoms with Gasteiger partial charge in [-0.05, 0) is 135 Å². The fourth-order valence-electron chi connectivity index (χ4n) is 16.8. The van der Waals surface area contributed by atoms with Crippen LogP contribution in [0, 0.1) is 42.3 Å². The smallest absolute Gasteiger partial charge is 0 e. The average molecular weight is 2150 g/mol. The number of hydrogen-bond acceptors (Lipinski definition) is 21. The number of benzene rings is 6. The predicted octanol–water partition coefficient (Wildman–Crippen LogP) is 14.2. The minimum Gasteiger partial charge on any atom is -0.358 e. The van der Waals surface area contributed by atoms with Gasteiger partial charge in [-0.1, -0.05) is 109 Å². The Morgan fingerprint density at radius 3 is 1.28 bits per heavy atom. The summed E-state index contributed by atoms with van der Waals surface area (Å²) in [6.07, 6.45) is 6.96. The molecule has 8 aliphatic rings. The molecule has 3 unspecified atom stereocenters. The second-order valence-electron chi connectivity index (χ2n) is 32.6. The van der Waals surface area contributed by atoms with Crippen LogP contribution in [0.15, 0.2) is 204 Å². The molecule has 0 aliphatic carbocycles. The first kappa shape index (κ1) is 106. The van der Waals surface area contributed by atoms with Crippen molar-refractivity contribution in [1.29, 1.82) is 0 Å². The summed E-state index contributed by atoms with van der Waals surface area (Å²) in [5.41, 5.74) is 5.59. The molecule has 39 heteroatoms. The van der Waals surface area contributed by atoms with Crippen LogP contribution >= 0.6 is 52.7 Å². The van der Waals surface area contributed by atoms with Gasteiger partial charge < -0.3 is 89.3 Å². The van der Waals surface area contributed by atoms with Gasteiger partial charge in [-0.25, -0.2) is 26.3 Å². The van der Waals surface area contributed by atoms with Crippen LogP contribution in [0.5, 0.6) is 23.0 Å². The molecule has 18 rings (SSSR count). The summed E-state index contributed by atoms with van der Waals surface area (Å²) in [6.45, 7) is 13.9. The number of nitrogens with two attached hydrogens (primary N) is 1. The van der Waals surface area contributed by atoms with Crippen molar-refractivity contribution in [2.24, 2.45) is 10.0 Å². The first-order chi connectivity index (χ1) is 63.3. The Balaban J connectivity index is 0.000000178. The summed E-state index contributed by atoms with van der Waals surface area (Å²) in [6, 6.07) is 39.3. The van der Waals surface area contributed by atoms with E-state index in [-0.39, 0.29) is 221 Å². The third-order valence-corrected chi connectivity index (χ3v) is 24.2. The minimum absolute atomic E-state index is 0. The van der Waals surface area contributed by atoms with Gasteiger partial charge in [-0.3, -0.25) is 47.9 Å². The number of aryl methyl sites for hydroxylation is 2. The van der Waals surface area contributed by atoms with Gasteiger partial charge >= 0.3 is 24.8 Å². The Morgan fingerprint density at radius 1 is 0.504 bits per heavy atom. The van der Waals surface area contributed by atoms with E-state index < -0.39 is 93.1 Å². The zero-order valence-corrected chi connectivity index (χ0v) is 80.7. The molecule has 4 amide bonds. The predicted molar refractivity (Wildman–Crippen MR) is 500 cm³/mol. The van der Waals surface area contributed by atoms with Gasteiger partial charge in [0.15, 0.2) is 81.7 Å². The number of nitrogens with zero attached hydrogens (tertiary/aromatic N) is 9. The van der Waals surface area contributed by atoms with Crippen molar-refractivity contribution < 1.29 is 114 Å². The van der Waals surface area contributed by atoms with E-state index in [1.54, 1.807) is 40.8 Å². The summed E-state index contributed by atoms with van der Waals surface area (Å²) in [5, 5.41) is 10.4. The molecule has 0 spiro atoms. The maximum Gasteiger partial charge on any atom is 0 e. The summed E-state index contributed by atoms with van der Waals surface area (Å²) in [7, 11) is 4.34. The number of ketones is 2. The molecule has 8 atom stereocenters. The molecule has 10 aromatic rings. The molecule has 0 saturated carbocycles. The quantitative estimate of drug-likeness (QED) is 0.0179. The number of aromatic hydroxyl groups is 1. The van der Waals surface area contributed by atoms with E-state index >= 15 is 0 Å². The molecule has 8 aliphatic heterocycles. The second kappa shape index (κ2) is 47.7. The molecule has 717 valence electrons. The van der Waals surface area contributed by atoms with Gasteiger partial charge in [0.05, 0.1) is 68.2 Å². The molecule has 28 nitrogen and oxygen atoms in total. The maximum absolute atomic E-state index is 14.1. The topological polar surface area (TPSA) is 327 Å². The molecule has 3 N–H and O–H groups in total. The van der Waals surface area contributed by atoms with Crippen molar-refractivity contribution in [1.82, 2.24) is 37.9 Å². The third-order valence-electron chi connectivity index (χ3n) is 23.7. The SMILES string of the molecule is C[C@@H]1CCOC2Cn3cc(Br)c(=O)c(OCc4ccccc4)c3C(=O)N21.C[C@@H]1CCOC2Cn3cc(C(=O)CCc4ccc(F)cc4F)c(=O)c(O)c3C(=O)N21.C[C@@H]1CCOC2Cn3cc(C(=O)CCc4ccc(F)cc4F)c(=O)c(OCc4ccccc4)c3C(=O)N21.C[C@@H]1CCO[C@@]2(C)Cn3ccc(=O)c(OCc4ccccc4)c3C(=O)N12.I.NCc1ccc(F)cc1F.[B]=NS.[CH3-].[Pd]. The number of thiol groups is 1. The van der Waals surface area contributed by atoms with E-state index in [9.17, 15) is 79.4 Å². The van der Waals surface area contributed by atoms with E-state index in [2.05, 4.69) is 40.7 Å². The van der Waals surface area contributed by atoms with Crippen LogP contribution in [-0.4, -0.2) is 161 Å². The van der Waals surface area contributed by atoms with E-state index in [1.165, 1.54) is 52.2 Å². The number of Topliss-reactive ketones (excluding diaryl/α,β-unsaturated/α-hetero) is 2. The van der Waals surface area contributed by atoms with Gasteiger partial charge in [-0.2, -0.15) is 0 Å². The van der Waals surface area contributed by atoms with E-state index in [4.69, 9.17) is 38.9 Å². The first-order valence-electron chi connectivity index (χ1n) is 42.6. The molecular weight excluding hydrogens is 2050 g/mol. The van der Waals surface area contributed by atoms with Crippen LogP contribution < -0.4 is 41.7 Å². The van der Waals surface area contributed by atoms with Crippen molar-refractivity contribution in [3.8, 4) is 23.0 Å². The van der Waals surface area contributed by atoms with Gasteiger partial charge in [0.2, 0.25) is 21.7 Å². The fraction of sp³-hybridized carbons (Fsp3) is 0.344. The zero-order chi connectivity index (χ0) is 94.5. The zero-order valence-electron chi connectivity index (χ0n) is 74.3. The van der Waals surface area contributed by atoms with Crippen molar-refractivity contribution in [3.63, 3.8) is 0 Å². The van der Waals surface area contributed by atoms with Gasteiger partial charge in [0.25, 0.3) is 23.6 Å². The molecule has 12 heterocycles. The number of pyridine rings is 4. The normalized spacial score (nSPS) is 19.5. The van der Waals surface area contributed by atoms with Gasteiger partial charge in [-0.15, -0.1) is 24.0 Å². The Labute approximate surface area is 819 Å². The van der Waals surface area contributed by atoms with Crippen LogP contribution in [0.25, 0.3) is 0 Å². The van der Waals surface area contributed by atoms with Crippen LogP contribution in [0.3, 0.4) is 0 Å². The Hall–Kier alpha value is -11.0. The summed E-state index contributed by atoms with van der Waals surface area (Å²) < 4.78 is 129. The fourth-order valence-corrected chi connectivity index (χ4v) is 17.2. The maximum atomic E-state index is 14.1. The number of fused-ring (bicyclic) bond motifs is 8. The molecular formula is C96H99BBrF6IN10O18PdS-. The van der Waals surface area contributed by atoms with Crippen molar-refractivity contribution in [3.05, 3.63) is 331 Å². The van der Waals surface area contributed by atoms with Crippen LogP contribution in [0.4, 0.5) is 26.3 Å². The molecule has 4 fully saturated rings. The Morgan fingerprint density at radius 2 is 0.867 bits per heavy atom. The largest absolute Gasteiger partial charge is 0.358 e. The number of amides is 4. The average Bonchev–Trinajstić information content (AvgIpc) is 0.779. The number of halogens is 8. The number of ether oxygens (including phenoxy) is 7. The molecule has 0 bridgehead atoms. The number of rotatable bonds is 18. The van der Waals surface area contributed by atoms with Crippen LogP contribution in [-0.2, 0) is 105 Å². The number of aromatic nitrogens is 4. The third kappa shape index (κ3) is 24.3. The summed E-state index contributed by atoms with van der Waals surface area (Å²) in [4.78, 5) is 136. The van der Waals surface area contributed by atoms with E-state index in [0.29, 0.717) is 73.8 Å². The van der Waals surface area contributed by atoms with Gasteiger partial charge in [0.1, 0.15) is 54.7 Å². The number of hydrogen-bond donors (Lipinski definition) is 3. The van der Waals surface area contributed by atoms with Crippen molar-refractivity contribution >= 4 is 95.6 Å². The minimum atomic E-state index is -0.941. The van der Waals surface area contributed by atoms with Gasteiger partial charge in [0, 0.05) is 119 Å². The summed E-state index contributed by atoms with van der Waals surface area (Å²) >= 11 is 6.48. The molecule has 4 saturated heterocycles. The number of carbonyl (C=O) groups is 6. The first-order valence-corrected chi connectivity index (χ1v) is 43.8. The van der Waals surface area contributed by atoms with E-state index in [0.717, 1.165) is 59.9 Å². The van der Waals surface area contributed by atoms with Crippen molar-refractivity contribution in [2.75, 3.05) is 26.4 Å². The standard InChI is InChI=1S/C28H26F2N2O5.C21H20F2N2O5.C20H22N2O4.C19H19BrN2O4.C7H7F2N.CH3.BHNS.HI.Pd/c1-17-11-12-36-24-15-31-14-21(23(33)10-8-19-7-9-20(29)13-22(19)30)26(34)27(25(31)28(35)32(17)24)37-16-18-5-3-2-4-6-18;1-11-6-7-30-17-10-24-9-14(19(27)20(28)18(24)21(29)25(11)17)16(26)5-3-12-2-4-13(22)8-15(12)23;1-14-9-11-26-20(2)13-21-10-8-16(23)18(17(21)19(24)22(14)20)25-12-15-6-4-3-5-7-15;1-12-7-8-25-15-10-21-9-14(20)17(23)18(16(21)19(24)22(12)15)26-11-13-5-3-2-4-6-13;8-6-2-1-5(4-10)7(9)3-6;;1-2-3;;/h2-7,9,13-14,17,24H,8,10-12,15-16H2,1H3;2,4,8-9,11,17,28H,3,5-7,10H2,1H3;3-8,10,14H,9,11-13H2,1-2H3;2-6,9,12,15H,7-8,10-11H2,1H3;1-3H,4,10H2;1H3;3H;1H;/q;;;;;-1;;;/t17-,24?;11-,17?;14-,20+;12-,15?;;;;;/m1111...../s1. The van der Waals surface area contributed by atoms with Crippen molar-refractivity contribution in [2.45, 2.75) is 187 Å². The Bertz CT molecular complexity index is 6260. The monoisotopic (exact) mass is 2150 g/mol. The molecule has 6 aromatic carbocycles. The molecule has 135 heavy (non-hydrogen) atoms. The van der Waals surface area contributed by atoms with E-state index in [1.807, 2.05) is 126 Å². The Kier molecular flexibility index (Phi) is 37.4. The second-order valence-corrected chi connectivity index (χ2v) is 33.7. The van der Waals surface area contributed by atoms with Crippen LogP contribution in [0.2, 0.25) is 0 Å². The molecule has 4 aromatic heterocycles. The molecule has 1 radical (unpaired) electrons. The number of carbonyl (C=O) groups excluding carboxylic acids is 6.